The van der Waals surface area contributed by atoms with E-state index in [0.717, 1.165) is 11.4 Å². The molecule has 1 aromatic heterocycles. The largest absolute Gasteiger partial charge is 0.444 e. The van der Waals surface area contributed by atoms with Crippen LogP contribution in [0.5, 0.6) is 0 Å². The molecule has 1 fully saturated rings. The molecular weight excluding hydrogens is 256 g/mol. The molecule has 0 saturated carbocycles. The Balaban J connectivity index is 2.03. The van der Waals surface area contributed by atoms with E-state index in [1.165, 1.54) is 0 Å². The summed E-state index contributed by atoms with van der Waals surface area (Å²) in [5, 5.41) is 0. The van der Waals surface area contributed by atoms with Crippen LogP contribution in [0.4, 0.5) is 4.79 Å². The fourth-order valence-electron chi connectivity index (χ4n) is 2.06. The summed E-state index contributed by atoms with van der Waals surface area (Å²) < 4.78 is 11.1. The lowest BCUT2D eigenvalue weighted by molar-refractivity contribution is -0.0447. The topological polar surface area (TPSA) is 51.7 Å². The van der Waals surface area contributed by atoms with Crippen LogP contribution in [0.2, 0.25) is 0 Å². The number of carbonyl (C=O) groups excluding carboxylic acids is 1. The molecule has 1 amide bonds. The predicted molar refractivity (Wildman–Crippen MR) is 75.5 cm³/mol. The lowest BCUT2D eigenvalue weighted by atomic mass is 10.2. The fourth-order valence-corrected chi connectivity index (χ4v) is 2.06. The van der Waals surface area contributed by atoms with Crippen LogP contribution < -0.4 is 0 Å². The van der Waals surface area contributed by atoms with Gasteiger partial charge in [-0.25, -0.2) is 4.79 Å². The van der Waals surface area contributed by atoms with Crippen LogP contribution in [0.15, 0.2) is 18.2 Å². The molecule has 110 valence electrons. The van der Waals surface area contributed by atoms with E-state index in [2.05, 4.69) is 4.98 Å². The molecule has 0 bridgehead atoms. The van der Waals surface area contributed by atoms with Gasteiger partial charge in [0.1, 0.15) is 11.7 Å². The molecule has 1 aliphatic heterocycles. The van der Waals surface area contributed by atoms with Crippen molar-refractivity contribution in [3.63, 3.8) is 0 Å². The highest BCUT2D eigenvalue weighted by Crippen LogP contribution is 2.22. The van der Waals surface area contributed by atoms with Crippen molar-refractivity contribution in [3.8, 4) is 0 Å². The summed E-state index contributed by atoms with van der Waals surface area (Å²) in [5.41, 5.74) is 1.32. The zero-order valence-corrected chi connectivity index (χ0v) is 12.5. The summed E-state index contributed by atoms with van der Waals surface area (Å²) >= 11 is 0. The first kappa shape index (κ1) is 14.8. The highest BCUT2D eigenvalue weighted by molar-refractivity contribution is 5.68. The minimum Gasteiger partial charge on any atom is -0.444 e. The molecule has 2 rings (SSSR count). The molecule has 1 saturated heterocycles. The van der Waals surface area contributed by atoms with Crippen LogP contribution >= 0.6 is 0 Å². The van der Waals surface area contributed by atoms with Gasteiger partial charge in [-0.05, 0) is 39.8 Å². The second-order valence-electron chi connectivity index (χ2n) is 5.99. The zero-order chi connectivity index (χ0) is 14.8. The number of hydrogen-bond acceptors (Lipinski definition) is 4. The smallest absolute Gasteiger partial charge is 0.410 e. The van der Waals surface area contributed by atoms with Gasteiger partial charge in [0.25, 0.3) is 0 Å². The molecule has 0 aliphatic carbocycles. The number of hydrogen-bond donors (Lipinski definition) is 0. The van der Waals surface area contributed by atoms with Crippen LogP contribution in [-0.4, -0.2) is 41.3 Å². The molecule has 0 radical (unpaired) electrons. The first-order valence-electron chi connectivity index (χ1n) is 6.88. The third kappa shape index (κ3) is 3.93. The summed E-state index contributed by atoms with van der Waals surface area (Å²) in [6.45, 7) is 9.07. The van der Waals surface area contributed by atoms with E-state index >= 15 is 0 Å². The maximum absolute atomic E-state index is 12.1. The normalized spacial score (nSPS) is 19.8. The Morgan fingerprint density at radius 3 is 2.85 bits per heavy atom. The van der Waals surface area contributed by atoms with Gasteiger partial charge in [0.05, 0.1) is 18.8 Å². The van der Waals surface area contributed by atoms with Crippen LogP contribution in [0.25, 0.3) is 0 Å². The summed E-state index contributed by atoms with van der Waals surface area (Å²) in [5.74, 6) is 0. The molecule has 1 atom stereocenters. The number of rotatable bonds is 1. The van der Waals surface area contributed by atoms with Crippen molar-refractivity contribution in [2.75, 3.05) is 19.7 Å². The molecule has 0 spiro atoms. The number of ether oxygens (including phenoxy) is 2. The predicted octanol–water partition coefficient (Wildman–Crippen LogP) is 2.70. The van der Waals surface area contributed by atoms with Crippen molar-refractivity contribution in [1.82, 2.24) is 9.88 Å². The lowest BCUT2D eigenvalue weighted by Crippen LogP contribution is -2.44. The average Bonchev–Trinajstić information content (AvgIpc) is 2.37. The molecule has 5 nitrogen and oxygen atoms in total. The van der Waals surface area contributed by atoms with Gasteiger partial charge in [-0.2, -0.15) is 0 Å². The highest BCUT2D eigenvalue weighted by atomic mass is 16.6. The van der Waals surface area contributed by atoms with Crippen LogP contribution in [0.1, 0.15) is 38.3 Å². The molecule has 20 heavy (non-hydrogen) atoms. The first-order valence-corrected chi connectivity index (χ1v) is 6.88. The number of aryl methyl sites for hydroxylation is 1. The Morgan fingerprint density at radius 2 is 2.20 bits per heavy atom. The number of carbonyl (C=O) groups is 1. The molecule has 1 aliphatic rings. The number of aromatic nitrogens is 1. The van der Waals surface area contributed by atoms with Crippen molar-refractivity contribution < 1.29 is 14.3 Å². The van der Waals surface area contributed by atoms with Gasteiger partial charge in [-0.3, -0.25) is 4.98 Å². The number of pyridine rings is 1. The van der Waals surface area contributed by atoms with E-state index < -0.39 is 5.60 Å². The average molecular weight is 278 g/mol. The molecule has 1 aromatic rings. The van der Waals surface area contributed by atoms with Crippen molar-refractivity contribution >= 4 is 6.09 Å². The second kappa shape index (κ2) is 5.79. The van der Waals surface area contributed by atoms with Crippen LogP contribution in [0.3, 0.4) is 0 Å². The van der Waals surface area contributed by atoms with Crippen LogP contribution in [-0.2, 0) is 9.47 Å². The fraction of sp³-hybridized carbons (Fsp3) is 0.600. The number of nitrogens with zero attached hydrogens (tertiary/aromatic N) is 2. The van der Waals surface area contributed by atoms with Gasteiger partial charge in [0.2, 0.25) is 0 Å². The summed E-state index contributed by atoms with van der Waals surface area (Å²) in [7, 11) is 0. The van der Waals surface area contributed by atoms with E-state index in [1.54, 1.807) is 4.90 Å². The third-order valence-corrected chi connectivity index (χ3v) is 2.96. The molecule has 1 unspecified atom stereocenters. The molecule has 5 heteroatoms. The first-order chi connectivity index (χ1) is 9.35. The zero-order valence-electron chi connectivity index (χ0n) is 12.5. The molecular formula is C15H22N2O3. The summed E-state index contributed by atoms with van der Waals surface area (Å²) in [4.78, 5) is 18.2. The SMILES string of the molecule is Cc1cccc(C2CN(C(=O)OC(C)(C)C)CCO2)n1. The summed E-state index contributed by atoms with van der Waals surface area (Å²) in [6.07, 6.45) is -0.477. The van der Waals surface area contributed by atoms with Gasteiger partial charge in [0, 0.05) is 12.2 Å². The molecule has 0 aromatic carbocycles. The standard InChI is InChI=1S/C15H22N2O3/c1-11-6-5-7-12(16-11)13-10-17(8-9-19-13)14(18)20-15(2,3)4/h5-7,13H,8-10H2,1-4H3. The van der Waals surface area contributed by atoms with E-state index in [0.29, 0.717) is 19.7 Å². The van der Waals surface area contributed by atoms with Gasteiger partial charge in [-0.1, -0.05) is 6.07 Å². The van der Waals surface area contributed by atoms with E-state index in [-0.39, 0.29) is 12.2 Å². The highest BCUT2D eigenvalue weighted by Gasteiger charge is 2.29. The molecule has 0 N–H and O–H groups in total. The van der Waals surface area contributed by atoms with Crippen molar-refractivity contribution in [3.05, 3.63) is 29.6 Å². The monoisotopic (exact) mass is 278 g/mol. The van der Waals surface area contributed by atoms with Crippen molar-refractivity contribution in [2.24, 2.45) is 0 Å². The Morgan fingerprint density at radius 1 is 1.45 bits per heavy atom. The maximum atomic E-state index is 12.1. The van der Waals surface area contributed by atoms with Crippen LogP contribution in [0, 0.1) is 6.92 Å². The maximum Gasteiger partial charge on any atom is 0.410 e. The Labute approximate surface area is 119 Å². The van der Waals surface area contributed by atoms with Gasteiger partial charge in [-0.15, -0.1) is 0 Å². The van der Waals surface area contributed by atoms with Crippen molar-refractivity contribution in [1.29, 1.82) is 0 Å². The minimum absolute atomic E-state index is 0.184. The lowest BCUT2D eigenvalue weighted by Gasteiger charge is -2.34. The summed E-state index contributed by atoms with van der Waals surface area (Å²) in [6, 6.07) is 5.82. The number of amides is 1. The Bertz CT molecular complexity index is 482. The van der Waals surface area contributed by atoms with E-state index in [4.69, 9.17) is 9.47 Å². The second-order valence-corrected chi connectivity index (χ2v) is 5.99. The Kier molecular flexibility index (Phi) is 4.28. The van der Waals surface area contributed by atoms with Gasteiger partial charge in [0.15, 0.2) is 0 Å². The minimum atomic E-state index is -0.480. The quantitative estimate of drug-likeness (QED) is 0.792. The van der Waals surface area contributed by atoms with Gasteiger partial charge >= 0.3 is 6.09 Å². The third-order valence-electron chi connectivity index (χ3n) is 2.96. The van der Waals surface area contributed by atoms with E-state index in [1.807, 2.05) is 45.9 Å². The molecule has 2 heterocycles. The van der Waals surface area contributed by atoms with E-state index in [9.17, 15) is 4.79 Å². The van der Waals surface area contributed by atoms with Crippen molar-refractivity contribution in [2.45, 2.75) is 39.4 Å². The van der Waals surface area contributed by atoms with Gasteiger partial charge < -0.3 is 14.4 Å². The Hall–Kier alpha value is -1.62. The number of morpholine rings is 1.